The van der Waals surface area contributed by atoms with Crippen LogP contribution in [0.25, 0.3) is 0 Å². The van der Waals surface area contributed by atoms with E-state index in [2.05, 4.69) is 12.8 Å². The van der Waals surface area contributed by atoms with Crippen molar-refractivity contribution in [2.24, 2.45) is 0 Å². The maximum absolute atomic E-state index is 11.5. The van der Waals surface area contributed by atoms with Crippen LogP contribution in [0.2, 0.25) is 0 Å². The molecule has 0 aliphatic rings. The summed E-state index contributed by atoms with van der Waals surface area (Å²) < 4.78 is 0. The molecule has 1 aromatic rings. The molecule has 1 heteroatoms. The zero-order valence-corrected chi connectivity index (χ0v) is 9.12. The molecule has 0 aliphatic carbocycles. The highest BCUT2D eigenvalue weighted by atomic mass is 16.1. The van der Waals surface area contributed by atoms with Crippen molar-refractivity contribution in [1.29, 1.82) is 0 Å². The monoisotopic (exact) mass is 200 g/mol. The molecule has 0 fully saturated rings. The molecule has 0 N–H and O–H groups in total. The second kappa shape index (κ2) is 6.03. The Kier molecular flexibility index (Phi) is 4.63. The minimum atomic E-state index is 0.297. The van der Waals surface area contributed by atoms with Gasteiger partial charge < -0.3 is 0 Å². The summed E-state index contributed by atoms with van der Waals surface area (Å²) in [6, 6.07) is 7.63. The van der Waals surface area contributed by atoms with Gasteiger partial charge in [0.15, 0.2) is 0 Å². The average molecular weight is 200 g/mol. The molecule has 0 aromatic heterocycles. The minimum Gasteiger partial charge on any atom is -0.299 e. The molecule has 0 heterocycles. The first kappa shape index (κ1) is 11.5. The van der Waals surface area contributed by atoms with E-state index in [1.807, 2.05) is 24.3 Å². The Morgan fingerprint density at radius 3 is 2.93 bits per heavy atom. The Bertz CT molecular complexity index is 371. The number of unbranched alkanes of at least 4 members (excludes halogenated alkanes) is 1. The smallest absolute Gasteiger partial charge is 0.137 e. The third kappa shape index (κ3) is 3.99. The van der Waals surface area contributed by atoms with E-state index in [0.29, 0.717) is 18.6 Å². The van der Waals surface area contributed by atoms with Crippen LogP contribution < -0.4 is 0 Å². The zero-order valence-electron chi connectivity index (χ0n) is 9.12. The number of rotatable bonds is 5. The molecular weight excluding hydrogens is 184 g/mol. The highest BCUT2D eigenvalue weighted by molar-refractivity contribution is 5.80. The molecule has 0 spiro atoms. The maximum atomic E-state index is 11.5. The molecule has 15 heavy (non-hydrogen) atoms. The Morgan fingerprint density at radius 1 is 1.47 bits per heavy atom. The number of ketones is 1. The molecular formula is C14H16O. The van der Waals surface area contributed by atoms with Crippen LogP contribution in [0.4, 0.5) is 0 Å². The van der Waals surface area contributed by atoms with Crippen molar-refractivity contribution in [3.8, 4) is 12.3 Å². The van der Waals surface area contributed by atoms with E-state index >= 15 is 0 Å². The maximum Gasteiger partial charge on any atom is 0.137 e. The van der Waals surface area contributed by atoms with Crippen molar-refractivity contribution >= 4 is 5.78 Å². The van der Waals surface area contributed by atoms with Gasteiger partial charge >= 0.3 is 0 Å². The number of carbonyl (C=O) groups is 1. The Balaban J connectivity index is 2.57. The number of Topliss-reactive ketones (excluding diaryl/α,β-unsaturated/α-hetero) is 1. The number of hydrogen-bond acceptors (Lipinski definition) is 1. The fourth-order valence-electron chi connectivity index (χ4n) is 1.46. The highest BCUT2D eigenvalue weighted by Crippen LogP contribution is 2.07. The van der Waals surface area contributed by atoms with E-state index in [-0.39, 0.29) is 0 Å². The lowest BCUT2D eigenvalue weighted by atomic mass is 10.0. The molecule has 78 valence electrons. The average Bonchev–Trinajstić information content (AvgIpc) is 2.26. The number of hydrogen-bond donors (Lipinski definition) is 0. The number of benzene rings is 1. The fourth-order valence-corrected chi connectivity index (χ4v) is 1.46. The van der Waals surface area contributed by atoms with Gasteiger partial charge in [-0.05, 0) is 24.1 Å². The van der Waals surface area contributed by atoms with Crippen LogP contribution in [0.1, 0.15) is 37.3 Å². The molecule has 0 saturated heterocycles. The van der Waals surface area contributed by atoms with Crippen LogP contribution in [-0.4, -0.2) is 5.78 Å². The van der Waals surface area contributed by atoms with Crippen molar-refractivity contribution in [3.05, 3.63) is 35.4 Å². The Morgan fingerprint density at radius 2 is 2.27 bits per heavy atom. The fraction of sp³-hybridized carbons (Fsp3) is 0.357. The predicted octanol–water partition coefficient (Wildman–Crippen LogP) is 2.97. The lowest BCUT2D eigenvalue weighted by Gasteiger charge is -2.01. The summed E-state index contributed by atoms with van der Waals surface area (Å²) in [5.41, 5.74) is 1.86. The van der Waals surface area contributed by atoms with Crippen LogP contribution >= 0.6 is 0 Å². The highest BCUT2D eigenvalue weighted by Gasteiger charge is 2.03. The summed E-state index contributed by atoms with van der Waals surface area (Å²) in [6.45, 7) is 2.09. The van der Waals surface area contributed by atoms with E-state index in [1.54, 1.807) is 0 Å². The number of terminal acetylenes is 1. The van der Waals surface area contributed by atoms with Gasteiger partial charge in [-0.1, -0.05) is 31.4 Å². The quantitative estimate of drug-likeness (QED) is 0.668. The summed E-state index contributed by atoms with van der Waals surface area (Å²) in [5.74, 6) is 2.87. The van der Waals surface area contributed by atoms with Gasteiger partial charge in [0, 0.05) is 18.4 Å². The third-order valence-electron chi connectivity index (χ3n) is 2.30. The topological polar surface area (TPSA) is 17.1 Å². The first-order valence-electron chi connectivity index (χ1n) is 5.33. The molecule has 0 bridgehead atoms. The third-order valence-corrected chi connectivity index (χ3v) is 2.30. The second-order valence-corrected chi connectivity index (χ2v) is 3.66. The second-order valence-electron chi connectivity index (χ2n) is 3.66. The molecule has 0 unspecified atom stereocenters. The minimum absolute atomic E-state index is 0.297. The van der Waals surface area contributed by atoms with Crippen LogP contribution in [-0.2, 0) is 11.2 Å². The van der Waals surface area contributed by atoms with Gasteiger partial charge in [-0.25, -0.2) is 0 Å². The van der Waals surface area contributed by atoms with Gasteiger partial charge in [0.1, 0.15) is 5.78 Å². The van der Waals surface area contributed by atoms with Crippen molar-refractivity contribution in [1.82, 2.24) is 0 Å². The van der Waals surface area contributed by atoms with Gasteiger partial charge in [-0.3, -0.25) is 4.79 Å². The lowest BCUT2D eigenvalue weighted by Crippen LogP contribution is -2.02. The zero-order chi connectivity index (χ0) is 11.1. The SMILES string of the molecule is C#Cc1cccc(CC(=O)CCCC)c1. The van der Waals surface area contributed by atoms with Crippen LogP contribution in [0, 0.1) is 12.3 Å². The van der Waals surface area contributed by atoms with Crippen LogP contribution in [0.5, 0.6) is 0 Å². The standard InChI is InChI=1S/C14H16O/c1-3-5-9-14(15)11-13-8-6-7-12(4-2)10-13/h2,6-8,10H,3,5,9,11H2,1H3. The summed E-state index contributed by atoms with van der Waals surface area (Å²) in [6.07, 6.45) is 8.53. The summed E-state index contributed by atoms with van der Waals surface area (Å²) in [4.78, 5) is 11.5. The van der Waals surface area contributed by atoms with E-state index < -0.39 is 0 Å². The molecule has 0 saturated carbocycles. The first-order chi connectivity index (χ1) is 7.26. The number of carbonyl (C=O) groups excluding carboxylic acids is 1. The molecule has 1 rings (SSSR count). The molecule has 1 aromatic carbocycles. The largest absolute Gasteiger partial charge is 0.299 e. The van der Waals surface area contributed by atoms with Gasteiger partial charge in [0.2, 0.25) is 0 Å². The van der Waals surface area contributed by atoms with E-state index in [9.17, 15) is 4.79 Å². The van der Waals surface area contributed by atoms with E-state index in [4.69, 9.17) is 6.42 Å². The van der Waals surface area contributed by atoms with E-state index in [1.165, 1.54) is 0 Å². The van der Waals surface area contributed by atoms with Gasteiger partial charge in [-0.15, -0.1) is 6.42 Å². The Hall–Kier alpha value is -1.55. The Labute approximate surface area is 91.5 Å². The van der Waals surface area contributed by atoms with Crippen LogP contribution in [0.3, 0.4) is 0 Å². The molecule has 0 aliphatic heterocycles. The summed E-state index contributed by atoms with van der Waals surface area (Å²) in [7, 11) is 0. The predicted molar refractivity (Wildman–Crippen MR) is 62.6 cm³/mol. The van der Waals surface area contributed by atoms with Gasteiger partial charge in [-0.2, -0.15) is 0 Å². The first-order valence-corrected chi connectivity index (χ1v) is 5.33. The summed E-state index contributed by atoms with van der Waals surface area (Å²) in [5, 5.41) is 0. The van der Waals surface area contributed by atoms with Crippen LogP contribution in [0.15, 0.2) is 24.3 Å². The van der Waals surface area contributed by atoms with Gasteiger partial charge in [0.25, 0.3) is 0 Å². The van der Waals surface area contributed by atoms with Crippen molar-refractivity contribution in [3.63, 3.8) is 0 Å². The normalized spacial score (nSPS) is 9.60. The molecule has 0 amide bonds. The lowest BCUT2D eigenvalue weighted by molar-refractivity contribution is -0.118. The molecule has 1 nitrogen and oxygen atoms in total. The van der Waals surface area contributed by atoms with Crippen molar-refractivity contribution in [2.45, 2.75) is 32.6 Å². The van der Waals surface area contributed by atoms with Gasteiger partial charge in [0.05, 0.1) is 0 Å². The van der Waals surface area contributed by atoms with E-state index in [0.717, 1.165) is 24.0 Å². The van der Waals surface area contributed by atoms with Crippen molar-refractivity contribution in [2.75, 3.05) is 0 Å². The molecule has 0 atom stereocenters. The summed E-state index contributed by atoms with van der Waals surface area (Å²) >= 11 is 0. The molecule has 0 radical (unpaired) electrons. The van der Waals surface area contributed by atoms with Crippen molar-refractivity contribution < 1.29 is 4.79 Å².